The molecule has 0 saturated carbocycles. The van der Waals surface area contributed by atoms with Gasteiger partial charge in [0.15, 0.2) is 0 Å². The van der Waals surface area contributed by atoms with Crippen LogP contribution >= 0.6 is 0 Å². The Labute approximate surface area is 74.4 Å². The summed E-state index contributed by atoms with van der Waals surface area (Å²) in [6.45, 7) is 0. The van der Waals surface area contributed by atoms with Crippen molar-refractivity contribution in [2.45, 2.75) is 0 Å². The number of benzene rings is 1. The SMILES string of the molecule is Cn1ncc2c(O)cc(C=O)cc21. The molecule has 0 spiro atoms. The Bertz CT molecular complexity index is 474. The first-order valence-corrected chi connectivity index (χ1v) is 3.82. The zero-order chi connectivity index (χ0) is 9.42. The zero-order valence-electron chi connectivity index (χ0n) is 7.06. The van der Waals surface area contributed by atoms with E-state index in [1.165, 1.54) is 6.07 Å². The van der Waals surface area contributed by atoms with E-state index in [2.05, 4.69) is 5.10 Å². The number of aldehydes is 1. The average molecular weight is 176 g/mol. The number of carbonyl (C=O) groups excluding carboxylic acids is 1. The van der Waals surface area contributed by atoms with Crippen LogP contribution in [0.25, 0.3) is 10.9 Å². The van der Waals surface area contributed by atoms with E-state index in [0.29, 0.717) is 17.2 Å². The summed E-state index contributed by atoms with van der Waals surface area (Å²) in [4.78, 5) is 10.5. The minimum atomic E-state index is 0.0905. The molecule has 0 unspecified atom stereocenters. The van der Waals surface area contributed by atoms with Gasteiger partial charge in [0.25, 0.3) is 0 Å². The molecule has 0 amide bonds. The molecule has 0 aliphatic rings. The van der Waals surface area contributed by atoms with Gasteiger partial charge in [-0.05, 0) is 12.1 Å². The van der Waals surface area contributed by atoms with Gasteiger partial charge in [-0.2, -0.15) is 5.10 Å². The second kappa shape index (κ2) is 2.58. The normalized spacial score (nSPS) is 10.5. The summed E-state index contributed by atoms with van der Waals surface area (Å²) in [7, 11) is 1.76. The molecule has 4 nitrogen and oxygen atoms in total. The number of carbonyl (C=O) groups is 1. The Kier molecular flexibility index (Phi) is 1.55. The highest BCUT2D eigenvalue weighted by molar-refractivity contribution is 5.91. The molecule has 0 atom stereocenters. The lowest BCUT2D eigenvalue weighted by Crippen LogP contribution is -1.89. The van der Waals surface area contributed by atoms with Crippen LogP contribution in [0, 0.1) is 0 Å². The number of rotatable bonds is 1. The number of fused-ring (bicyclic) bond motifs is 1. The van der Waals surface area contributed by atoms with Crippen LogP contribution in [0.1, 0.15) is 10.4 Å². The standard InChI is InChI=1S/C9H8N2O2/c1-11-8-2-6(5-12)3-9(13)7(8)4-10-11/h2-5,13H,1H3. The van der Waals surface area contributed by atoms with Crippen molar-refractivity contribution in [1.29, 1.82) is 0 Å². The maximum absolute atomic E-state index is 10.5. The van der Waals surface area contributed by atoms with Crippen LogP contribution in [-0.2, 0) is 7.05 Å². The molecule has 1 N–H and O–H groups in total. The molecule has 1 heterocycles. The molecule has 1 aromatic heterocycles. The van der Waals surface area contributed by atoms with E-state index in [-0.39, 0.29) is 5.75 Å². The minimum absolute atomic E-state index is 0.0905. The first kappa shape index (κ1) is 7.79. The molecule has 0 fully saturated rings. The molecule has 2 rings (SSSR count). The molecule has 0 radical (unpaired) electrons. The second-order valence-corrected chi connectivity index (χ2v) is 2.86. The molecule has 1 aromatic carbocycles. The monoisotopic (exact) mass is 176 g/mol. The van der Waals surface area contributed by atoms with E-state index in [9.17, 15) is 9.90 Å². The van der Waals surface area contributed by atoms with Crippen LogP contribution in [0.15, 0.2) is 18.3 Å². The van der Waals surface area contributed by atoms with Crippen molar-refractivity contribution < 1.29 is 9.90 Å². The Balaban J connectivity index is 2.87. The van der Waals surface area contributed by atoms with Crippen molar-refractivity contribution in [2.75, 3.05) is 0 Å². The molecular weight excluding hydrogens is 168 g/mol. The third-order valence-electron chi connectivity index (χ3n) is 2.00. The predicted molar refractivity (Wildman–Crippen MR) is 47.8 cm³/mol. The summed E-state index contributed by atoms with van der Waals surface area (Å²) >= 11 is 0. The lowest BCUT2D eigenvalue weighted by Gasteiger charge is -1.97. The molecule has 13 heavy (non-hydrogen) atoms. The van der Waals surface area contributed by atoms with Gasteiger partial charge in [-0.25, -0.2) is 0 Å². The van der Waals surface area contributed by atoms with Crippen molar-refractivity contribution in [3.63, 3.8) is 0 Å². The second-order valence-electron chi connectivity index (χ2n) is 2.86. The Hall–Kier alpha value is -1.84. The predicted octanol–water partition coefficient (Wildman–Crippen LogP) is 1.09. The smallest absolute Gasteiger partial charge is 0.150 e. The van der Waals surface area contributed by atoms with Crippen molar-refractivity contribution in [1.82, 2.24) is 9.78 Å². The van der Waals surface area contributed by atoms with Gasteiger partial charge in [-0.1, -0.05) is 0 Å². The summed E-state index contributed by atoms with van der Waals surface area (Å²) < 4.78 is 1.61. The van der Waals surface area contributed by atoms with Gasteiger partial charge >= 0.3 is 0 Å². The van der Waals surface area contributed by atoms with Gasteiger partial charge in [0.1, 0.15) is 12.0 Å². The summed E-state index contributed by atoms with van der Waals surface area (Å²) in [6.07, 6.45) is 2.27. The summed E-state index contributed by atoms with van der Waals surface area (Å²) in [6, 6.07) is 3.12. The van der Waals surface area contributed by atoms with Crippen molar-refractivity contribution in [3.8, 4) is 5.75 Å². The van der Waals surface area contributed by atoms with Gasteiger partial charge in [0, 0.05) is 12.6 Å². The van der Waals surface area contributed by atoms with Crippen LogP contribution < -0.4 is 0 Å². The highest BCUT2D eigenvalue weighted by atomic mass is 16.3. The highest BCUT2D eigenvalue weighted by Gasteiger charge is 2.05. The number of aromatic nitrogens is 2. The summed E-state index contributed by atoms with van der Waals surface area (Å²) in [5, 5.41) is 14.1. The largest absolute Gasteiger partial charge is 0.507 e. The van der Waals surface area contributed by atoms with Crippen LogP contribution in [0.3, 0.4) is 0 Å². The molecular formula is C9H8N2O2. The summed E-state index contributed by atoms with van der Waals surface area (Å²) in [5.41, 5.74) is 1.20. The maximum atomic E-state index is 10.5. The van der Waals surface area contributed by atoms with E-state index < -0.39 is 0 Å². The Morgan fingerprint density at radius 1 is 1.54 bits per heavy atom. The Morgan fingerprint density at radius 3 is 3.00 bits per heavy atom. The van der Waals surface area contributed by atoms with Gasteiger partial charge in [0.2, 0.25) is 0 Å². The highest BCUT2D eigenvalue weighted by Crippen LogP contribution is 2.24. The van der Waals surface area contributed by atoms with Crippen molar-refractivity contribution in [3.05, 3.63) is 23.9 Å². The average Bonchev–Trinajstić information content (AvgIpc) is 2.48. The Morgan fingerprint density at radius 2 is 2.31 bits per heavy atom. The number of aromatic hydroxyl groups is 1. The number of nitrogens with zero attached hydrogens (tertiary/aromatic N) is 2. The number of hydrogen-bond donors (Lipinski definition) is 1. The number of hydrogen-bond acceptors (Lipinski definition) is 3. The van der Waals surface area contributed by atoms with Crippen molar-refractivity contribution >= 4 is 17.2 Å². The fourth-order valence-electron chi connectivity index (χ4n) is 1.32. The quantitative estimate of drug-likeness (QED) is 0.662. The number of phenolic OH excluding ortho intramolecular Hbond substituents is 1. The fourth-order valence-corrected chi connectivity index (χ4v) is 1.32. The maximum Gasteiger partial charge on any atom is 0.150 e. The first-order valence-electron chi connectivity index (χ1n) is 3.82. The van der Waals surface area contributed by atoms with E-state index >= 15 is 0 Å². The molecule has 0 aliphatic carbocycles. The van der Waals surface area contributed by atoms with Crippen LogP contribution in [-0.4, -0.2) is 21.2 Å². The topological polar surface area (TPSA) is 55.1 Å². The van der Waals surface area contributed by atoms with Crippen LogP contribution in [0.2, 0.25) is 0 Å². The third kappa shape index (κ3) is 1.07. The lowest BCUT2D eigenvalue weighted by molar-refractivity contribution is 0.112. The van der Waals surface area contributed by atoms with Crippen LogP contribution in [0.5, 0.6) is 5.75 Å². The number of aryl methyl sites for hydroxylation is 1. The fraction of sp³-hybridized carbons (Fsp3) is 0.111. The van der Waals surface area contributed by atoms with E-state index in [1.807, 2.05) is 0 Å². The first-order chi connectivity index (χ1) is 6.22. The molecule has 0 aliphatic heterocycles. The van der Waals surface area contributed by atoms with Crippen LogP contribution in [0.4, 0.5) is 0 Å². The van der Waals surface area contributed by atoms with Gasteiger partial charge in [-0.15, -0.1) is 0 Å². The van der Waals surface area contributed by atoms with E-state index in [0.717, 1.165) is 5.52 Å². The third-order valence-corrected chi connectivity index (χ3v) is 2.00. The lowest BCUT2D eigenvalue weighted by atomic mass is 10.1. The van der Waals surface area contributed by atoms with Gasteiger partial charge in [-0.3, -0.25) is 9.48 Å². The van der Waals surface area contributed by atoms with E-state index in [4.69, 9.17) is 0 Å². The van der Waals surface area contributed by atoms with Gasteiger partial charge < -0.3 is 5.11 Å². The van der Waals surface area contributed by atoms with E-state index in [1.54, 1.807) is 24.0 Å². The zero-order valence-corrected chi connectivity index (χ0v) is 7.06. The molecule has 0 saturated heterocycles. The molecule has 66 valence electrons. The van der Waals surface area contributed by atoms with Gasteiger partial charge in [0.05, 0.1) is 17.1 Å². The minimum Gasteiger partial charge on any atom is -0.507 e. The molecule has 4 heteroatoms. The molecule has 2 aromatic rings. The van der Waals surface area contributed by atoms with Crippen molar-refractivity contribution in [2.24, 2.45) is 7.05 Å². The number of phenols is 1. The molecule has 0 bridgehead atoms. The summed E-state index contributed by atoms with van der Waals surface area (Å²) in [5.74, 6) is 0.0905.